The van der Waals surface area contributed by atoms with E-state index in [1.807, 2.05) is 13.0 Å². The Labute approximate surface area is 109 Å². The third kappa shape index (κ3) is 2.40. The Morgan fingerprint density at radius 2 is 2.26 bits per heavy atom. The van der Waals surface area contributed by atoms with Crippen LogP contribution in [0.15, 0.2) is 24.4 Å². The lowest BCUT2D eigenvalue weighted by molar-refractivity contribution is 0.102. The molecule has 19 heavy (non-hydrogen) atoms. The third-order valence-electron chi connectivity index (χ3n) is 2.69. The quantitative estimate of drug-likeness (QED) is 0.853. The van der Waals surface area contributed by atoms with Crippen molar-refractivity contribution in [2.45, 2.75) is 6.92 Å². The van der Waals surface area contributed by atoms with Crippen LogP contribution in [0.5, 0.6) is 5.75 Å². The third-order valence-corrected chi connectivity index (χ3v) is 2.69. The lowest BCUT2D eigenvalue weighted by Crippen LogP contribution is -2.15. The largest absolute Gasteiger partial charge is 0.507 e. The normalized spacial score (nSPS) is 9.95. The number of phenols is 1. The summed E-state index contributed by atoms with van der Waals surface area (Å²) in [6, 6.07) is 6.68. The monoisotopic (exact) mass is 256 g/mol. The van der Waals surface area contributed by atoms with Gasteiger partial charge in [0.05, 0.1) is 11.8 Å². The smallest absolute Gasteiger partial charge is 0.260 e. The van der Waals surface area contributed by atoms with E-state index in [0.717, 1.165) is 5.56 Å². The van der Waals surface area contributed by atoms with E-state index in [9.17, 15) is 9.90 Å². The molecule has 1 aromatic heterocycles. The van der Waals surface area contributed by atoms with E-state index in [1.165, 1.54) is 16.9 Å². The number of hydrogen-bond donors (Lipinski definition) is 2. The summed E-state index contributed by atoms with van der Waals surface area (Å²) in [6.45, 7) is 1.82. The maximum atomic E-state index is 12.1. The van der Waals surface area contributed by atoms with E-state index in [-0.39, 0.29) is 16.9 Å². The molecule has 0 unspecified atom stereocenters. The fraction of sp³-hybridized carbons (Fsp3) is 0.154. The van der Waals surface area contributed by atoms with Crippen LogP contribution in [0.4, 0.5) is 5.82 Å². The Hall–Kier alpha value is -2.81. The molecule has 6 nitrogen and oxygen atoms in total. The van der Waals surface area contributed by atoms with Crippen molar-refractivity contribution >= 4 is 11.7 Å². The van der Waals surface area contributed by atoms with E-state index in [2.05, 4.69) is 10.4 Å². The average Bonchev–Trinajstić information content (AvgIpc) is 2.73. The second kappa shape index (κ2) is 4.82. The standard InChI is InChI=1S/C13H12N4O2/c1-8-3-4-11(18)10(5-8)13(19)16-12-9(6-14)7-15-17(12)2/h3-5,7,18H,1-2H3,(H,16,19). The molecule has 1 heterocycles. The van der Waals surface area contributed by atoms with Crippen LogP contribution < -0.4 is 5.32 Å². The molecule has 0 aliphatic heterocycles. The van der Waals surface area contributed by atoms with Crippen LogP contribution in [0.1, 0.15) is 21.5 Å². The van der Waals surface area contributed by atoms with E-state index < -0.39 is 5.91 Å². The zero-order valence-electron chi connectivity index (χ0n) is 10.5. The summed E-state index contributed by atoms with van der Waals surface area (Å²) in [5, 5.41) is 25.1. The first-order valence-electron chi connectivity index (χ1n) is 5.56. The summed E-state index contributed by atoms with van der Waals surface area (Å²) >= 11 is 0. The zero-order valence-corrected chi connectivity index (χ0v) is 10.5. The summed E-state index contributed by atoms with van der Waals surface area (Å²) in [5.41, 5.74) is 1.28. The molecule has 2 N–H and O–H groups in total. The highest BCUT2D eigenvalue weighted by Crippen LogP contribution is 2.20. The molecule has 0 fully saturated rings. The van der Waals surface area contributed by atoms with Gasteiger partial charge in [0.1, 0.15) is 23.2 Å². The van der Waals surface area contributed by atoms with Crippen LogP contribution in [0.3, 0.4) is 0 Å². The molecule has 1 amide bonds. The van der Waals surface area contributed by atoms with Crippen LogP contribution in [-0.4, -0.2) is 20.8 Å². The topological polar surface area (TPSA) is 90.9 Å². The molecule has 2 rings (SSSR count). The number of amides is 1. The minimum atomic E-state index is -0.485. The number of aromatic nitrogens is 2. The molecule has 0 bridgehead atoms. The number of nitriles is 1. The fourth-order valence-corrected chi connectivity index (χ4v) is 1.67. The van der Waals surface area contributed by atoms with Gasteiger partial charge in [0, 0.05) is 7.05 Å². The Bertz CT molecular complexity index is 682. The molecule has 0 aliphatic carbocycles. The van der Waals surface area contributed by atoms with Gasteiger partial charge in [-0.05, 0) is 19.1 Å². The Kier molecular flexibility index (Phi) is 3.21. The van der Waals surface area contributed by atoms with Gasteiger partial charge in [0.15, 0.2) is 0 Å². The summed E-state index contributed by atoms with van der Waals surface area (Å²) in [4.78, 5) is 12.1. The second-order valence-electron chi connectivity index (χ2n) is 4.12. The Morgan fingerprint density at radius 3 is 2.95 bits per heavy atom. The average molecular weight is 256 g/mol. The van der Waals surface area contributed by atoms with Gasteiger partial charge in [-0.3, -0.25) is 9.48 Å². The van der Waals surface area contributed by atoms with Gasteiger partial charge >= 0.3 is 0 Å². The minimum absolute atomic E-state index is 0.108. The Balaban J connectivity index is 2.34. The number of anilines is 1. The Morgan fingerprint density at radius 1 is 1.53 bits per heavy atom. The lowest BCUT2D eigenvalue weighted by atomic mass is 10.1. The van der Waals surface area contributed by atoms with Crippen LogP contribution in [0.2, 0.25) is 0 Å². The first-order chi connectivity index (χ1) is 9.02. The second-order valence-corrected chi connectivity index (χ2v) is 4.12. The molecular formula is C13H12N4O2. The SMILES string of the molecule is Cc1ccc(O)c(C(=O)Nc2c(C#N)cnn2C)c1. The van der Waals surface area contributed by atoms with E-state index >= 15 is 0 Å². The maximum Gasteiger partial charge on any atom is 0.260 e. The molecule has 0 spiro atoms. The number of phenolic OH excluding ortho intramolecular Hbond substituents is 1. The van der Waals surface area contributed by atoms with E-state index in [4.69, 9.17) is 5.26 Å². The summed E-state index contributed by atoms with van der Waals surface area (Å²) in [6.07, 6.45) is 1.37. The van der Waals surface area contributed by atoms with Gasteiger partial charge in [0.2, 0.25) is 0 Å². The molecule has 1 aromatic carbocycles. The number of aromatic hydroxyl groups is 1. The summed E-state index contributed by atoms with van der Waals surface area (Å²) < 4.78 is 1.39. The van der Waals surface area contributed by atoms with Gasteiger partial charge in [-0.2, -0.15) is 10.4 Å². The van der Waals surface area contributed by atoms with Gasteiger partial charge in [-0.1, -0.05) is 11.6 Å². The number of hydrogen-bond acceptors (Lipinski definition) is 4. The van der Waals surface area contributed by atoms with Crippen LogP contribution in [0.25, 0.3) is 0 Å². The van der Waals surface area contributed by atoms with E-state index in [0.29, 0.717) is 5.82 Å². The number of benzene rings is 1. The molecule has 0 atom stereocenters. The molecule has 2 aromatic rings. The summed E-state index contributed by atoms with van der Waals surface area (Å²) in [5.74, 6) is -0.293. The first kappa shape index (κ1) is 12.6. The van der Waals surface area contributed by atoms with Crippen LogP contribution >= 0.6 is 0 Å². The molecule has 6 heteroatoms. The van der Waals surface area contributed by atoms with Crippen molar-refractivity contribution in [1.29, 1.82) is 5.26 Å². The number of nitrogens with zero attached hydrogens (tertiary/aromatic N) is 3. The van der Waals surface area contributed by atoms with Gasteiger partial charge in [-0.25, -0.2) is 0 Å². The highest BCUT2D eigenvalue weighted by Gasteiger charge is 2.16. The molecule has 0 radical (unpaired) electrons. The van der Waals surface area contributed by atoms with Crippen molar-refractivity contribution in [1.82, 2.24) is 9.78 Å². The van der Waals surface area contributed by atoms with Crippen LogP contribution in [-0.2, 0) is 7.05 Å². The highest BCUT2D eigenvalue weighted by atomic mass is 16.3. The van der Waals surface area contributed by atoms with Gasteiger partial charge < -0.3 is 10.4 Å². The van der Waals surface area contributed by atoms with Crippen molar-refractivity contribution in [3.63, 3.8) is 0 Å². The van der Waals surface area contributed by atoms with Crippen molar-refractivity contribution in [2.75, 3.05) is 5.32 Å². The number of rotatable bonds is 2. The first-order valence-corrected chi connectivity index (χ1v) is 5.56. The molecule has 0 aliphatic rings. The molecule has 96 valence electrons. The highest BCUT2D eigenvalue weighted by molar-refractivity contribution is 6.06. The van der Waals surface area contributed by atoms with Crippen molar-refractivity contribution < 1.29 is 9.90 Å². The maximum absolute atomic E-state index is 12.1. The van der Waals surface area contributed by atoms with Crippen LogP contribution in [0, 0.1) is 18.3 Å². The number of carbonyl (C=O) groups excluding carboxylic acids is 1. The van der Waals surface area contributed by atoms with Gasteiger partial charge in [0.25, 0.3) is 5.91 Å². The van der Waals surface area contributed by atoms with Gasteiger partial charge in [-0.15, -0.1) is 0 Å². The lowest BCUT2D eigenvalue weighted by Gasteiger charge is -2.08. The van der Waals surface area contributed by atoms with E-state index in [1.54, 1.807) is 19.2 Å². The number of nitrogens with one attached hydrogen (secondary N) is 1. The number of carbonyl (C=O) groups is 1. The summed E-state index contributed by atoms with van der Waals surface area (Å²) in [7, 11) is 1.62. The molecular weight excluding hydrogens is 244 g/mol. The van der Waals surface area contributed by atoms with Crippen molar-refractivity contribution in [2.24, 2.45) is 7.05 Å². The van der Waals surface area contributed by atoms with Crippen molar-refractivity contribution in [3.8, 4) is 11.8 Å². The molecule has 0 saturated heterocycles. The zero-order chi connectivity index (χ0) is 14.0. The predicted molar refractivity (Wildman–Crippen MR) is 68.7 cm³/mol. The number of aryl methyl sites for hydroxylation is 2. The molecule has 0 saturated carbocycles. The predicted octanol–water partition coefficient (Wildman–Crippen LogP) is 1.56. The fourth-order valence-electron chi connectivity index (χ4n) is 1.67. The van der Waals surface area contributed by atoms with Crippen molar-refractivity contribution in [3.05, 3.63) is 41.1 Å². The minimum Gasteiger partial charge on any atom is -0.507 e.